The van der Waals surface area contributed by atoms with E-state index in [9.17, 15) is 0 Å². The lowest BCUT2D eigenvalue weighted by Gasteiger charge is -2.25. The number of benzene rings is 1. The molecule has 1 aliphatic rings. The normalized spacial score (nSPS) is 19.8. The van der Waals surface area contributed by atoms with Crippen LogP contribution in [0, 0.1) is 0 Å². The van der Waals surface area contributed by atoms with E-state index in [1.54, 1.807) is 14.2 Å². The molecule has 2 N–H and O–H groups in total. The van der Waals surface area contributed by atoms with Gasteiger partial charge in [0.1, 0.15) is 6.10 Å². The Morgan fingerprint density at radius 2 is 2.17 bits per heavy atom. The lowest BCUT2D eigenvalue weighted by Crippen LogP contribution is -2.47. The van der Waals surface area contributed by atoms with Gasteiger partial charge in [0.15, 0.2) is 17.5 Å². The van der Waals surface area contributed by atoms with Gasteiger partial charge >= 0.3 is 0 Å². The van der Waals surface area contributed by atoms with E-state index in [1.807, 2.05) is 43.0 Å². The van der Waals surface area contributed by atoms with Crippen LogP contribution in [0.25, 0.3) is 0 Å². The molecule has 0 aromatic heterocycles. The van der Waals surface area contributed by atoms with Crippen molar-refractivity contribution in [1.29, 1.82) is 0 Å². The number of thioether (sulfide) groups is 1. The molecular weight excluding hydrogens is 310 g/mol. The lowest BCUT2D eigenvalue weighted by molar-refractivity contribution is 0.213. The zero-order valence-electron chi connectivity index (χ0n) is 14.2. The summed E-state index contributed by atoms with van der Waals surface area (Å²) in [5.74, 6) is 4.77. The molecule has 0 radical (unpaired) electrons. The maximum atomic E-state index is 5.95. The van der Waals surface area contributed by atoms with E-state index in [0.29, 0.717) is 12.6 Å². The van der Waals surface area contributed by atoms with Crippen molar-refractivity contribution >= 4 is 17.7 Å². The fourth-order valence-corrected chi connectivity index (χ4v) is 3.53. The number of guanidine groups is 1. The highest BCUT2D eigenvalue weighted by atomic mass is 32.2. The van der Waals surface area contributed by atoms with Gasteiger partial charge in [0, 0.05) is 18.8 Å². The van der Waals surface area contributed by atoms with Crippen molar-refractivity contribution in [2.45, 2.75) is 31.9 Å². The molecule has 1 fully saturated rings. The second-order valence-corrected chi connectivity index (χ2v) is 6.74. The van der Waals surface area contributed by atoms with Gasteiger partial charge in [0.2, 0.25) is 0 Å². The summed E-state index contributed by atoms with van der Waals surface area (Å²) in [4.78, 5) is 4.30. The molecule has 0 saturated carbocycles. The topological polar surface area (TPSA) is 54.9 Å². The van der Waals surface area contributed by atoms with Crippen molar-refractivity contribution in [2.24, 2.45) is 4.99 Å². The second kappa shape index (κ2) is 9.55. The number of nitrogens with one attached hydrogen (secondary N) is 2. The smallest absolute Gasteiger partial charge is 0.191 e. The summed E-state index contributed by atoms with van der Waals surface area (Å²) < 4.78 is 11.3. The fraction of sp³-hybridized carbons (Fsp3) is 0.588. The molecule has 128 valence electrons. The molecule has 1 heterocycles. The van der Waals surface area contributed by atoms with Crippen molar-refractivity contribution in [2.75, 3.05) is 32.2 Å². The number of rotatable bonds is 6. The highest BCUT2D eigenvalue weighted by Crippen LogP contribution is 2.26. The predicted octanol–water partition coefficient (Wildman–Crippen LogP) is 2.52. The monoisotopic (exact) mass is 337 g/mol. The molecule has 0 amide bonds. The van der Waals surface area contributed by atoms with Crippen molar-refractivity contribution in [3.63, 3.8) is 0 Å². The molecule has 6 heteroatoms. The van der Waals surface area contributed by atoms with Crippen LogP contribution < -0.4 is 20.1 Å². The van der Waals surface area contributed by atoms with Crippen LogP contribution in [0.15, 0.2) is 29.3 Å². The summed E-state index contributed by atoms with van der Waals surface area (Å²) in [5.41, 5.74) is 0. The van der Waals surface area contributed by atoms with Crippen LogP contribution in [-0.4, -0.2) is 50.3 Å². The van der Waals surface area contributed by atoms with E-state index in [4.69, 9.17) is 9.47 Å². The van der Waals surface area contributed by atoms with Gasteiger partial charge in [-0.2, -0.15) is 11.8 Å². The third kappa shape index (κ3) is 5.86. The lowest BCUT2D eigenvalue weighted by atomic mass is 10.2. The molecule has 2 rings (SSSR count). The van der Waals surface area contributed by atoms with Crippen LogP contribution in [0.4, 0.5) is 0 Å². The van der Waals surface area contributed by atoms with Gasteiger partial charge in [-0.1, -0.05) is 12.1 Å². The van der Waals surface area contributed by atoms with E-state index in [-0.39, 0.29) is 6.10 Å². The summed E-state index contributed by atoms with van der Waals surface area (Å²) >= 11 is 2.00. The van der Waals surface area contributed by atoms with Crippen LogP contribution in [0.5, 0.6) is 11.5 Å². The van der Waals surface area contributed by atoms with Crippen LogP contribution in [0.1, 0.15) is 19.8 Å². The van der Waals surface area contributed by atoms with Crippen LogP contribution >= 0.6 is 11.8 Å². The zero-order chi connectivity index (χ0) is 16.5. The van der Waals surface area contributed by atoms with Gasteiger partial charge in [-0.15, -0.1) is 0 Å². The maximum absolute atomic E-state index is 5.95. The predicted molar refractivity (Wildman–Crippen MR) is 97.9 cm³/mol. The van der Waals surface area contributed by atoms with Crippen molar-refractivity contribution < 1.29 is 9.47 Å². The van der Waals surface area contributed by atoms with Gasteiger partial charge in [-0.05, 0) is 37.7 Å². The fourth-order valence-electron chi connectivity index (χ4n) is 2.46. The third-order valence-electron chi connectivity index (χ3n) is 3.68. The van der Waals surface area contributed by atoms with E-state index in [0.717, 1.165) is 23.2 Å². The van der Waals surface area contributed by atoms with Gasteiger partial charge in [0.25, 0.3) is 0 Å². The van der Waals surface area contributed by atoms with Gasteiger partial charge in [0.05, 0.1) is 13.7 Å². The third-order valence-corrected chi connectivity index (χ3v) is 4.89. The van der Waals surface area contributed by atoms with Crippen LogP contribution in [0.2, 0.25) is 0 Å². The van der Waals surface area contributed by atoms with Crippen molar-refractivity contribution in [3.8, 4) is 11.5 Å². The van der Waals surface area contributed by atoms with Gasteiger partial charge in [-0.25, -0.2) is 0 Å². The number of hydrogen-bond acceptors (Lipinski definition) is 4. The highest BCUT2D eigenvalue weighted by Gasteiger charge is 2.15. The number of para-hydroxylation sites is 2. The number of methoxy groups -OCH3 is 1. The summed E-state index contributed by atoms with van der Waals surface area (Å²) in [6.07, 6.45) is 2.48. The summed E-state index contributed by atoms with van der Waals surface area (Å²) in [5, 5.41) is 6.82. The Kier molecular flexibility index (Phi) is 7.39. The van der Waals surface area contributed by atoms with Crippen LogP contribution in [-0.2, 0) is 0 Å². The first-order valence-corrected chi connectivity index (χ1v) is 9.23. The minimum absolute atomic E-state index is 0.00517. The Morgan fingerprint density at radius 3 is 2.83 bits per heavy atom. The Labute approximate surface area is 143 Å². The van der Waals surface area contributed by atoms with Crippen molar-refractivity contribution in [1.82, 2.24) is 10.6 Å². The standard InChI is InChI=1S/C17H27N3O2S/c1-13(22-16-9-5-4-8-15(16)21-3)11-19-17(18-2)20-14-7-6-10-23-12-14/h4-5,8-9,13-14H,6-7,10-12H2,1-3H3,(H2,18,19,20). The second-order valence-electron chi connectivity index (χ2n) is 5.59. The molecule has 2 atom stereocenters. The minimum Gasteiger partial charge on any atom is -0.493 e. The molecule has 1 saturated heterocycles. The van der Waals surface area contributed by atoms with Gasteiger partial charge < -0.3 is 20.1 Å². The average molecular weight is 337 g/mol. The Hall–Kier alpha value is -1.56. The molecule has 1 aromatic rings. The molecule has 0 spiro atoms. The van der Waals surface area contributed by atoms with E-state index < -0.39 is 0 Å². The van der Waals surface area contributed by atoms with E-state index in [2.05, 4.69) is 15.6 Å². The Balaban J connectivity index is 1.79. The van der Waals surface area contributed by atoms with Gasteiger partial charge in [-0.3, -0.25) is 4.99 Å². The molecule has 1 aliphatic heterocycles. The first-order chi connectivity index (χ1) is 11.2. The summed E-state index contributed by atoms with van der Waals surface area (Å²) in [7, 11) is 3.45. The molecule has 0 aliphatic carbocycles. The van der Waals surface area contributed by atoms with Crippen molar-refractivity contribution in [3.05, 3.63) is 24.3 Å². The largest absolute Gasteiger partial charge is 0.493 e. The first kappa shape index (κ1) is 17.8. The van der Waals surface area contributed by atoms with E-state index in [1.165, 1.54) is 18.6 Å². The average Bonchev–Trinajstić information content (AvgIpc) is 2.60. The quantitative estimate of drug-likeness (QED) is 0.617. The number of aliphatic imine (C=N–C) groups is 1. The first-order valence-electron chi connectivity index (χ1n) is 8.07. The minimum atomic E-state index is 0.00517. The SMILES string of the molecule is CN=C(NCC(C)Oc1ccccc1OC)NC1CCCSC1. The number of nitrogens with zero attached hydrogens (tertiary/aromatic N) is 1. The highest BCUT2D eigenvalue weighted by molar-refractivity contribution is 7.99. The van der Waals surface area contributed by atoms with E-state index >= 15 is 0 Å². The molecule has 2 unspecified atom stereocenters. The van der Waals surface area contributed by atoms with Crippen LogP contribution in [0.3, 0.4) is 0 Å². The number of ether oxygens (including phenoxy) is 2. The molecule has 5 nitrogen and oxygen atoms in total. The molecule has 23 heavy (non-hydrogen) atoms. The molecule has 1 aromatic carbocycles. The summed E-state index contributed by atoms with van der Waals surface area (Å²) in [6.45, 7) is 2.71. The molecular formula is C17H27N3O2S. The molecule has 0 bridgehead atoms. The maximum Gasteiger partial charge on any atom is 0.191 e. The zero-order valence-corrected chi connectivity index (χ0v) is 15.0. The summed E-state index contributed by atoms with van der Waals surface area (Å²) in [6, 6.07) is 8.20. The Morgan fingerprint density at radius 1 is 1.39 bits per heavy atom. The Bertz CT molecular complexity index is 504. The number of hydrogen-bond donors (Lipinski definition) is 2.